The minimum absolute atomic E-state index is 0.237. The van der Waals surface area contributed by atoms with Crippen molar-refractivity contribution >= 4 is 12.4 Å². The fourth-order valence-corrected chi connectivity index (χ4v) is 1.95. The summed E-state index contributed by atoms with van der Waals surface area (Å²) in [6.07, 6.45) is 5.39. The molecule has 0 unspecified atom stereocenters. The van der Waals surface area contributed by atoms with E-state index in [9.17, 15) is 9.59 Å². The summed E-state index contributed by atoms with van der Waals surface area (Å²) in [6, 6.07) is 9.70. The van der Waals surface area contributed by atoms with Crippen LogP contribution in [0.5, 0.6) is 0 Å². The Morgan fingerprint density at radius 3 is 2.43 bits per heavy atom. The van der Waals surface area contributed by atoms with E-state index < -0.39 is 5.97 Å². The molecule has 0 saturated carbocycles. The predicted octanol–water partition coefficient (Wildman–Crippen LogP) is 3.00. The number of amides is 1. The molecule has 1 rings (SSSR count). The molecular formula is C16H23NO4. The molecule has 0 aliphatic rings. The molecule has 0 radical (unpaired) electrons. The molecule has 1 aromatic carbocycles. The first-order chi connectivity index (χ1) is 10.2. The molecule has 0 aliphatic heterocycles. The van der Waals surface area contributed by atoms with E-state index in [1.807, 2.05) is 30.3 Å². The van der Waals surface area contributed by atoms with Gasteiger partial charge in [-0.25, -0.2) is 5.06 Å². The molecule has 0 saturated heterocycles. The van der Waals surface area contributed by atoms with Gasteiger partial charge >= 0.3 is 5.97 Å². The Kier molecular flexibility index (Phi) is 8.88. The topological polar surface area (TPSA) is 66.8 Å². The average molecular weight is 293 g/mol. The molecule has 0 aromatic heterocycles. The SMILES string of the molecule is O=CN(CCCCCCCC(=O)O)OCc1ccccc1. The Morgan fingerprint density at radius 2 is 1.76 bits per heavy atom. The van der Waals surface area contributed by atoms with Gasteiger partial charge in [0, 0.05) is 13.0 Å². The standard InChI is InChI=1S/C16H23NO4/c18-14-17(21-13-15-9-5-4-6-10-15)12-8-3-1-2-7-11-16(19)20/h4-6,9-10,14H,1-3,7-8,11-13H2,(H,19,20). The van der Waals surface area contributed by atoms with Gasteiger partial charge in [0.2, 0.25) is 6.41 Å². The summed E-state index contributed by atoms with van der Waals surface area (Å²) in [6.45, 7) is 0.952. The van der Waals surface area contributed by atoms with E-state index in [0.717, 1.165) is 37.7 Å². The maximum absolute atomic E-state index is 10.9. The second-order valence-electron chi connectivity index (χ2n) is 4.92. The molecule has 1 N–H and O–H groups in total. The van der Waals surface area contributed by atoms with Crippen LogP contribution in [0.3, 0.4) is 0 Å². The lowest BCUT2D eigenvalue weighted by Crippen LogP contribution is -2.23. The van der Waals surface area contributed by atoms with Gasteiger partial charge in [-0.15, -0.1) is 0 Å². The fourth-order valence-electron chi connectivity index (χ4n) is 1.95. The van der Waals surface area contributed by atoms with Crippen molar-refractivity contribution in [3.8, 4) is 0 Å². The van der Waals surface area contributed by atoms with Crippen LogP contribution < -0.4 is 0 Å². The number of rotatable bonds is 12. The van der Waals surface area contributed by atoms with Gasteiger partial charge in [-0.05, 0) is 18.4 Å². The summed E-state index contributed by atoms with van der Waals surface area (Å²) in [4.78, 5) is 26.7. The van der Waals surface area contributed by atoms with E-state index in [2.05, 4.69) is 0 Å². The van der Waals surface area contributed by atoms with E-state index in [-0.39, 0.29) is 6.42 Å². The van der Waals surface area contributed by atoms with E-state index in [1.54, 1.807) is 0 Å². The summed E-state index contributed by atoms with van der Waals surface area (Å²) in [5, 5.41) is 9.84. The molecule has 0 heterocycles. The Bertz CT molecular complexity index is 408. The number of hydrogen-bond donors (Lipinski definition) is 1. The van der Waals surface area contributed by atoms with Gasteiger partial charge in [0.25, 0.3) is 0 Å². The molecule has 0 bridgehead atoms. The molecular weight excluding hydrogens is 270 g/mol. The Hall–Kier alpha value is -1.88. The average Bonchev–Trinajstić information content (AvgIpc) is 2.50. The monoisotopic (exact) mass is 293 g/mol. The first-order valence-electron chi connectivity index (χ1n) is 7.33. The number of carboxylic acids is 1. The number of carbonyl (C=O) groups is 2. The zero-order valence-electron chi connectivity index (χ0n) is 12.2. The van der Waals surface area contributed by atoms with Crippen molar-refractivity contribution in [2.45, 2.75) is 45.1 Å². The Morgan fingerprint density at radius 1 is 1.10 bits per heavy atom. The quantitative estimate of drug-likeness (QED) is 0.365. The third-order valence-electron chi connectivity index (χ3n) is 3.13. The minimum Gasteiger partial charge on any atom is -0.481 e. The van der Waals surface area contributed by atoms with Crippen LogP contribution in [0, 0.1) is 0 Å². The van der Waals surface area contributed by atoms with Crippen molar-refractivity contribution in [3.05, 3.63) is 35.9 Å². The highest BCUT2D eigenvalue weighted by Crippen LogP contribution is 2.07. The van der Waals surface area contributed by atoms with Crippen LogP contribution in [0.1, 0.15) is 44.1 Å². The summed E-state index contributed by atoms with van der Waals surface area (Å²) in [5.74, 6) is -0.739. The normalized spacial score (nSPS) is 10.3. The molecule has 1 amide bonds. The zero-order chi connectivity index (χ0) is 15.3. The van der Waals surface area contributed by atoms with Crippen molar-refractivity contribution in [1.29, 1.82) is 0 Å². The molecule has 0 aliphatic carbocycles. The van der Waals surface area contributed by atoms with Gasteiger partial charge in [-0.3, -0.25) is 14.4 Å². The largest absolute Gasteiger partial charge is 0.481 e. The van der Waals surface area contributed by atoms with Crippen LogP contribution in [-0.4, -0.2) is 29.1 Å². The van der Waals surface area contributed by atoms with Crippen molar-refractivity contribution in [2.75, 3.05) is 6.54 Å². The van der Waals surface area contributed by atoms with Gasteiger partial charge in [0.15, 0.2) is 0 Å². The second kappa shape index (κ2) is 10.9. The summed E-state index contributed by atoms with van der Waals surface area (Å²) in [7, 11) is 0. The van der Waals surface area contributed by atoms with Crippen molar-refractivity contribution in [1.82, 2.24) is 5.06 Å². The lowest BCUT2D eigenvalue weighted by Gasteiger charge is -2.16. The van der Waals surface area contributed by atoms with Crippen LogP contribution in [-0.2, 0) is 21.0 Å². The molecule has 0 spiro atoms. The van der Waals surface area contributed by atoms with E-state index in [1.165, 1.54) is 5.06 Å². The molecule has 0 atom stereocenters. The molecule has 5 nitrogen and oxygen atoms in total. The summed E-state index contributed by atoms with van der Waals surface area (Å²) < 4.78 is 0. The third-order valence-corrected chi connectivity index (χ3v) is 3.13. The number of hydrogen-bond acceptors (Lipinski definition) is 3. The third kappa shape index (κ3) is 8.81. The summed E-state index contributed by atoms with van der Waals surface area (Å²) >= 11 is 0. The number of nitrogens with zero attached hydrogens (tertiary/aromatic N) is 1. The number of unbranched alkanes of at least 4 members (excludes halogenated alkanes) is 4. The Balaban J connectivity index is 2.06. The molecule has 0 fully saturated rings. The fraction of sp³-hybridized carbons (Fsp3) is 0.500. The molecule has 1 aromatic rings. The predicted molar refractivity (Wildman–Crippen MR) is 79.3 cm³/mol. The lowest BCUT2D eigenvalue weighted by atomic mass is 10.1. The number of carbonyl (C=O) groups excluding carboxylic acids is 1. The lowest BCUT2D eigenvalue weighted by molar-refractivity contribution is -0.177. The maximum atomic E-state index is 10.9. The molecule has 21 heavy (non-hydrogen) atoms. The zero-order valence-corrected chi connectivity index (χ0v) is 12.2. The highest BCUT2D eigenvalue weighted by Gasteiger charge is 2.03. The number of aliphatic carboxylic acids is 1. The highest BCUT2D eigenvalue weighted by atomic mass is 16.7. The van der Waals surface area contributed by atoms with Crippen LogP contribution in [0.25, 0.3) is 0 Å². The van der Waals surface area contributed by atoms with E-state index >= 15 is 0 Å². The van der Waals surface area contributed by atoms with Crippen molar-refractivity contribution in [3.63, 3.8) is 0 Å². The first-order valence-corrected chi connectivity index (χ1v) is 7.33. The van der Waals surface area contributed by atoms with Crippen molar-refractivity contribution < 1.29 is 19.5 Å². The number of benzene rings is 1. The second-order valence-corrected chi connectivity index (χ2v) is 4.92. The van der Waals surface area contributed by atoms with Crippen molar-refractivity contribution in [2.24, 2.45) is 0 Å². The van der Waals surface area contributed by atoms with Crippen LogP contribution in [0.4, 0.5) is 0 Å². The summed E-state index contributed by atoms with van der Waals surface area (Å²) in [5.41, 5.74) is 1.03. The van der Waals surface area contributed by atoms with E-state index in [4.69, 9.17) is 9.94 Å². The smallest absolute Gasteiger partial charge is 0.303 e. The van der Waals surface area contributed by atoms with Gasteiger partial charge < -0.3 is 5.11 Å². The van der Waals surface area contributed by atoms with Gasteiger partial charge in [-0.2, -0.15) is 0 Å². The highest BCUT2D eigenvalue weighted by molar-refractivity contribution is 5.66. The van der Waals surface area contributed by atoms with Crippen LogP contribution in [0.2, 0.25) is 0 Å². The molecule has 116 valence electrons. The van der Waals surface area contributed by atoms with Gasteiger partial charge in [-0.1, -0.05) is 49.6 Å². The number of hydroxylamine groups is 2. The minimum atomic E-state index is -0.739. The van der Waals surface area contributed by atoms with Gasteiger partial charge in [0.1, 0.15) is 6.61 Å². The van der Waals surface area contributed by atoms with Crippen LogP contribution in [0.15, 0.2) is 30.3 Å². The maximum Gasteiger partial charge on any atom is 0.303 e. The number of carboxylic acid groups (broad SMARTS) is 1. The van der Waals surface area contributed by atoms with Gasteiger partial charge in [0.05, 0.1) is 0 Å². The Labute approximate surface area is 125 Å². The first kappa shape index (κ1) is 17.2. The van der Waals surface area contributed by atoms with E-state index in [0.29, 0.717) is 19.6 Å². The van der Waals surface area contributed by atoms with Crippen LogP contribution >= 0.6 is 0 Å². The molecule has 5 heteroatoms.